The number of carbonyl (C=O) groups is 1. The molecular formula is C21H28ClNO2. The summed E-state index contributed by atoms with van der Waals surface area (Å²) in [5, 5.41) is 10.1. The maximum atomic E-state index is 12.3. The van der Waals surface area contributed by atoms with Crippen molar-refractivity contribution in [2.75, 3.05) is 13.1 Å². The quantitative estimate of drug-likeness (QED) is 0.869. The summed E-state index contributed by atoms with van der Waals surface area (Å²) in [4.78, 5) is 15.1. The number of fused-ring (bicyclic) bond motifs is 1. The van der Waals surface area contributed by atoms with Crippen LogP contribution in [0.2, 0.25) is 0 Å². The molecule has 4 aliphatic rings. The van der Waals surface area contributed by atoms with Crippen molar-refractivity contribution < 1.29 is 9.90 Å². The van der Waals surface area contributed by atoms with Gasteiger partial charge in [0.25, 0.3) is 0 Å². The van der Waals surface area contributed by atoms with E-state index in [4.69, 9.17) is 0 Å². The molecule has 3 aliphatic carbocycles. The molecule has 0 spiro atoms. The van der Waals surface area contributed by atoms with E-state index in [1.807, 2.05) is 12.1 Å². The minimum absolute atomic E-state index is 0. The molecule has 1 aromatic carbocycles. The summed E-state index contributed by atoms with van der Waals surface area (Å²) in [6.45, 7) is 2.39. The lowest BCUT2D eigenvalue weighted by Gasteiger charge is -2.59. The molecule has 2 saturated carbocycles. The van der Waals surface area contributed by atoms with Crippen molar-refractivity contribution in [3.63, 3.8) is 0 Å². The van der Waals surface area contributed by atoms with Crippen molar-refractivity contribution >= 4 is 18.2 Å². The summed E-state index contributed by atoms with van der Waals surface area (Å²) >= 11 is 0. The molecule has 1 N–H and O–H groups in total. The molecule has 0 radical (unpaired) electrons. The van der Waals surface area contributed by atoms with Crippen molar-refractivity contribution in [2.45, 2.75) is 62.8 Å². The molecule has 1 heterocycles. The lowest BCUT2D eigenvalue weighted by Crippen LogP contribution is -2.62. The number of hydrogen-bond acceptors (Lipinski definition) is 3. The largest absolute Gasteiger partial charge is 0.508 e. The first-order valence-corrected chi connectivity index (χ1v) is 9.74. The first-order chi connectivity index (χ1) is 11.7. The summed E-state index contributed by atoms with van der Waals surface area (Å²) in [6.07, 6.45) is 8.90. The van der Waals surface area contributed by atoms with E-state index in [0.717, 1.165) is 38.1 Å². The zero-order valence-electron chi connectivity index (χ0n) is 14.7. The Hall–Kier alpha value is -1.06. The molecule has 1 aromatic rings. The third kappa shape index (κ3) is 2.62. The number of hydrogen-bond donors (Lipinski definition) is 1. The standard InChI is InChI=1S/C21H27NO2.ClH/c23-16-5-4-15-10-20-18-7-6-17(24)12-21(18,19(15)11-16)8-9-22(20)13-14-2-1-3-14;/h4-5,11,14,18,20,23H,1-3,6-10,12-13H2;1H. The zero-order valence-corrected chi connectivity index (χ0v) is 15.6. The van der Waals surface area contributed by atoms with E-state index in [0.29, 0.717) is 29.9 Å². The zero-order chi connectivity index (χ0) is 16.3. The minimum atomic E-state index is 0. The highest BCUT2D eigenvalue weighted by Gasteiger charge is 2.55. The van der Waals surface area contributed by atoms with Crippen molar-refractivity contribution in [2.24, 2.45) is 11.8 Å². The number of Topliss-reactive ketones (excluding diaryl/α,β-unsaturated/α-hetero) is 1. The van der Waals surface area contributed by atoms with E-state index < -0.39 is 0 Å². The molecule has 2 bridgehead atoms. The van der Waals surface area contributed by atoms with Gasteiger partial charge in [-0.2, -0.15) is 0 Å². The van der Waals surface area contributed by atoms with Crippen LogP contribution in [0.15, 0.2) is 18.2 Å². The SMILES string of the molecule is Cl.O=C1CCC2C3Cc4ccc(O)cc4C2(CCN3CC2CCC2)C1. The average molecular weight is 362 g/mol. The first kappa shape index (κ1) is 17.4. The first-order valence-electron chi connectivity index (χ1n) is 9.74. The fourth-order valence-electron chi connectivity index (χ4n) is 6.13. The molecular weight excluding hydrogens is 334 g/mol. The van der Waals surface area contributed by atoms with Crippen LogP contribution in [0, 0.1) is 11.8 Å². The number of benzene rings is 1. The molecule has 3 nitrogen and oxygen atoms in total. The van der Waals surface area contributed by atoms with Gasteiger partial charge in [-0.15, -0.1) is 12.4 Å². The van der Waals surface area contributed by atoms with Crippen LogP contribution in [0.5, 0.6) is 5.75 Å². The fourth-order valence-corrected chi connectivity index (χ4v) is 6.13. The molecule has 25 heavy (non-hydrogen) atoms. The highest BCUT2D eigenvalue weighted by atomic mass is 35.5. The summed E-state index contributed by atoms with van der Waals surface area (Å²) in [5.41, 5.74) is 2.67. The highest BCUT2D eigenvalue weighted by molar-refractivity contribution is 5.85. The number of piperidine rings is 1. The second-order valence-corrected chi connectivity index (χ2v) is 8.67. The van der Waals surface area contributed by atoms with Gasteiger partial charge in [0.15, 0.2) is 0 Å². The van der Waals surface area contributed by atoms with E-state index in [1.54, 1.807) is 0 Å². The van der Waals surface area contributed by atoms with Crippen molar-refractivity contribution in [1.29, 1.82) is 0 Å². The van der Waals surface area contributed by atoms with Gasteiger partial charge in [-0.25, -0.2) is 0 Å². The second kappa shape index (κ2) is 6.28. The molecule has 4 heteroatoms. The topological polar surface area (TPSA) is 40.5 Å². The predicted molar refractivity (Wildman–Crippen MR) is 100 cm³/mol. The Morgan fingerprint density at radius 1 is 1.24 bits per heavy atom. The van der Waals surface area contributed by atoms with Crippen LogP contribution in [0.4, 0.5) is 0 Å². The Balaban J connectivity index is 0.00000157. The number of ketones is 1. The van der Waals surface area contributed by atoms with Crippen LogP contribution in [0.3, 0.4) is 0 Å². The van der Waals surface area contributed by atoms with Crippen LogP contribution in [0.25, 0.3) is 0 Å². The van der Waals surface area contributed by atoms with Gasteiger partial charge < -0.3 is 5.11 Å². The normalized spacial score (nSPS) is 34.5. The van der Waals surface area contributed by atoms with Gasteiger partial charge in [-0.1, -0.05) is 12.5 Å². The van der Waals surface area contributed by atoms with Crippen molar-refractivity contribution in [3.05, 3.63) is 29.3 Å². The van der Waals surface area contributed by atoms with Crippen LogP contribution in [-0.2, 0) is 16.6 Å². The van der Waals surface area contributed by atoms with Crippen LogP contribution >= 0.6 is 12.4 Å². The Morgan fingerprint density at radius 2 is 2.08 bits per heavy atom. The number of halogens is 1. The van der Waals surface area contributed by atoms with Crippen molar-refractivity contribution in [3.8, 4) is 5.75 Å². The average Bonchev–Trinajstić information content (AvgIpc) is 2.52. The summed E-state index contributed by atoms with van der Waals surface area (Å²) in [5.74, 6) is 2.28. The van der Waals surface area contributed by atoms with Gasteiger partial charge in [0, 0.05) is 30.8 Å². The molecule has 0 aromatic heterocycles. The maximum Gasteiger partial charge on any atom is 0.133 e. The third-order valence-corrected chi connectivity index (χ3v) is 7.51. The number of likely N-dealkylation sites (tertiary alicyclic amines) is 1. The number of aromatic hydroxyl groups is 1. The van der Waals surface area contributed by atoms with Gasteiger partial charge >= 0.3 is 0 Å². The predicted octanol–water partition coefficient (Wildman–Crippen LogP) is 3.85. The van der Waals surface area contributed by atoms with E-state index in [9.17, 15) is 9.90 Å². The fraction of sp³-hybridized carbons (Fsp3) is 0.667. The van der Waals surface area contributed by atoms with Crippen LogP contribution in [0.1, 0.15) is 56.1 Å². The van der Waals surface area contributed by atoms with E-state index >= 15 is 0 Å². The monoisotopic (exact) mass is 361 g/mol. The molecule has 3 fully saturated rings. The summed E-state index contributed by atoms with van der Waals surface area (Å²) < 4.78 is 0. The molecule has 1 saturated heterocycles. The van der Waals surface area contributed by atoms with Gasteiger partial charge in [-0.3, -0.25) is 9.69 Å². The molecule has 1 aliphatic heterocycles. The Bertz CT molecular complexity index is 686. The van der Waals surface area contributed by atoms with Gasteiger partial charge in [0.2, 0.25) is 0 Å². The van der Waals surface area contributed by atoms with Crippen molar-refractivity contribution in [1.82, 2.24) is 4.90 Å². The number of nitrogens with zero attached hydrogens (tertiary/aromatic N) is 1. The maximum absolute atomic E-state index is 12.3. The Kier molecular flexibility index (Phi) is 4.36. The van der Waals surface area contributed by atoms with E-state index in [2.05, 4.69) is 11.0 Å². The smallest absolute Gasteiger partial charge is 0.133 e. The molecule has 3 atom stereocenters. The van der Waals surface area contributed by atoms with Crippen LogP contribution in [-0.4, -0.2) is 34.9 Å². The Labute approximate surface area is 156 Å². The number of phenols is 1. The summed E-state index contributed by atoms with van der Waals surface area (Å²) in [7, 11) is 0. The number of carbonyl (C=O) groups excluding carboxylic acids is 1. The molecule has 5 rings (SSSR count). The van der Waals surface area contributed by atoms with Gasteiger partial charge in [0.05, 0.1) is 0 Å². The molecule has 3 unspecified atom stereocenters. The minimum Gasteiger partial charge on any atom is -0.508 e. The van der Waals surface area contributed by atoms with Crippen LogP contribution < -0.4 is 0 Å². The Morgan fingerprint density at radius 3 is 2.84 bits per heavy atom. The summed E-state index contributed by atoms with van der Waals surface area (Å²) in [6, 6.07) is 6.51. The lowest BCUT2D eigenvalue weighted by molar-refractivity contribution is -0.127. The molecule has 0 amide bonds. The second-order valence-electron chi connectivity index (χ2n) is 8.67. The molecule has 136 valence electrons. The van der Waals surface area contributed by atoms with Gasteiger partial charge in [0.1, 0.15) is 11.5 Å². The van der Waals surface area contributed by atoms with E-state index in [-0.39, 0.29) is 17.8 Å². The van der Waals surface area contributed by atoms with E-state index in [1.165, 1.54) is 36.9 Å². The van der Waals surface area contributed by atoms with Gasteiger partial charge in [-0.05, 0) is 73.7 Å². The third-order valence-electron chi connectivity index (χ3n) is 7.51. The number of phenolic OH excluding ortho intramolecular Hbond substituents is 1. The highest BCUT2D eigenvalue weighted by Crippen LogP contribution is 2.55. The number of rotatable bonds is 2. The lowest BCUT2D eigenvalue weighted by atomic mass is 9.52.